The van der Waals surface area contributed by atoms with E-state index < -0.39 is 0 Å². The lowest BCUT2D eigenvalue weighted by Crippen LogP contribution is -2.46. The average Bonchev–Trinajstić information content (AvgIpc) is 2.90. The van der Waals surface area contributed by atoms with Crippen LogP contribution in [0.15, 0.2) is 30.3 Å². The zero-order valence-electron chi connectivity index (χ0n) is 14.8. The number of piperidine rings is 1. The lowest BCUT2D eigenvalue weighted by atomic mass is 9.91. The van der Waals surface area contributed by atoms with Crippen LogP contribution in [0.5, 0.6) is 0 Å². The molecule has 0 aromatic heterocycles. The zero-order chi connectivity index (χ0) is 17.1. The molecule has 2 fully saturated rings. The molecule has 3 heteroatoms. The molecule has 0 N–H and O–H groups in total. The monoisotopic (exact) mass is 324 g/mol. The van der Waals surface area contributed by atoms with Gasteiger partial charge in [0.05, 0.1) is 6.54 Å². The maximum Gasteiger partial charge on any atom is 0.226 e. The minimum atomic E-state index is 0.165. The Kier molecular flexibility index (Phi) is 5.26. The van der Waals surface area contributed by atoms with Crippen molar-refractivity contribution in [3.63, 3.8) is 0 Å². The Morgan fingerprint density at radius 3 is 2.50 bits per heavy atom. The van der Waals surface area contributed by atoms with Crippen LogP contribution < -0.4 is 0 Å². The van der Waals surface area contributed by atoms with E-state index >= 15 is 0 Å². The lowest BCUT2D eigenvalue weighted by Gasteiger charge is -2.35. The fourth-order valence-electron chi connectivity index (χ4n) is 4.48. The van der Waals surface area contributed by atoms with Gasteiger partial charge in [-0.25, -0.2) is 0 Å². The van der Waals surface area contributed by atoms with E-state index in [0.717, 1.165) is 32.4 Å². The Morgan fingerprint density at radius 2 is 1.88 bits per heavy atom. The van der Waals surface area contributed by atoms with E-state index in [-0.39, 0.29) is 12.0 Å². The molecular formula is C21H28N2O. The highest BCUT2D eigenvalue weighted by atomic mass is 16.2. The smallest absolute Gasteiger partial charge is 0.226 e. The fourth-order valence-corrected chi connectivity index (χ4v) is 4.48. The van der Waals surface area contributed by atoms with Crippen LogP contribution in [-0.4, -0.2) is 47.4 Å². The summed E-state index contributed by atoms with van der Waals surface area (Å²) in [6.07, 6.45) is 8.33. The first-order valence-corrected chi connectivity index (χ1v) is 9.14. The third-order valence-corrected chi connectivity index (χ3v) is 5.82. The van der Waals surface area contributed by atoms with Crippen molar-refractivity contribution < 1.29 is 4.79 Å². The number of carbonyl (C=O) groups is 1. The van der Waals surface area contributed by atoms with Gasteiger partial charge in [0.15, 0.2) is 0 Å². The molecule has 2 heterocycles. The van der Waals surface area contributed by atoms with E-state index in [9.17, 15) is 4.79 Å². The van der Waals surface area contributed by atoms with E-state index in [1.165, 1.54) is 5.56 Å². The first-order chi connectivity index (χ1) is 11.6. The third kappa shape index (κ3) is 3.35. The maximum atomic E-state index is 13.1. The molecule has 1 aromatic rings. The van der Waals surface area contributed by atoms with Crippen molar-refractivity contribution >= 4 is 5.91 Å². The minimum Gasteiger partial charge on any atom is -0.336 e. The number of rotatable bonds is 3. The van der Waals surface area contributed by atoms with E-state index in [0.29, 0.717) is 24.4 Å². The SMILES string of the molecule is C#CCN1CCC(C(=O)N2[C@H](C)C[C@H](c3ccccc3)[C@H]2C)CC1. The summed E-state index contributed by atoms with van der Waals surface area (Å²) in [7, 11) is 0. The molecule has 2 aliphatic rings. The van der Waals surface area contributed by atoms with Gasteiger partial charge in [0.25, 0.3) is 0 Å². The summed E-state index contributed by atoms with van der Waals surface area (Å²) in [5.41, 5.74) is 1.36. The molecule has 0 saturated carbocycles. The number of nitrogens with zero attached hydrogens (tertiary/aromatic N) is 2. The summed E-state index contributed by atoms with van der Waals surface area (Å²) in [6.45, 7) is 7.00. The standard InChI is InChI=1S/C21H28N2O/c1-4-12-22-13-10-19(11-14-22)21(24)23-16(2)15-20(17(23)3)18-8-6-5-7-9-18/h1,5-9,16-17,19-20H,10-15H2,2-3H3/t16-,17-,20+/m1/s1. The number of benzene rings is 1. The number of hydrogen-bond donors (Lipinski definition) is 0. The van der Waals surface area contributed by atoms with Gasteiger partial charge in [0.2, 0.25) is 5.91 Å². The molecule has 0 unspecified atom stereocenters. The summed E-state index contributed by atoms with van der Waals surface area (Å²) in [4.78, 5) is 17.6. The highest BCUT2D eigenvalue weighted by Gasteiger charge is 2.42. The van der Waals surface area contributed by atoms with Crippen molar-refractivity contribution in [2.45, 2.75) is 51.1 Å². The first-order valence-electron chi connectivity index (χ1n) is 9.14. The number of terminal acetylenes is 1. The van der Waals surface area contributed by atoms with Crippen LogP contribution in [0.2, 0.25) is 0 Å². The van der Waals surface area contributed by atoms with Gasteiger partial charge in [-0.1, -0.05) is 36.3 Å². The van der Waals surface area contributed by atoms with Crippen LogP contribution in [-0.2, 0) is 4.79 Å². The molecule has 3 atom stereocenters. The van der Waals surface area contributed by atoms with Crippen molar-refractivity contribution in [2.75, 3.05) is 19.6 Å². The number of carbonyl (C=O) groups excluding carboxylic acids is 1. The molecule has 0 radical (unpaired) electrons. The summed E-state index contributed by atoms with van der Waals surface area (Å²) < 4.78 is 0. The predicted molar refractivity (Wildman–Crippen MR) is 97.6 cm³/mol. The molecule has 128 valence electrons. The van der Waals surface area contributed by atoms with Crippen molar-refractivity contribution in [1.82, 2.24) is 9.80 Å². The van der Waals surface area contributed by atoms with Crippen molar-refractivity contribution in [2.24, 2.45) is 5.92 Å². The summed E-state index contributed by atoms with van der Waals surface area (Å²) in [5.74, 6) is 3.68. The first kappa shape index (κ1) is 17.0. The van der Waals surface area contributed by atoms with Crippen LogP contribution in [0.1, 0.15) is 44.6 Å². The van der Waals surface area contributed by atoms with Gasteiger partial charge in [-0.05, 0) is 51.8 Å². The van der Waals surface area contributed by atoms with Gasteiger partial charge in [0, 0.05) is 23.9 Å². The van der Waals surface area contributed by atoms with E-state index in [1.54, 1.807) is 0 Å². The van der Waals surface area contributed by atoms with Crippen LogP contribution in [0, 0.1) is 18.3 Å². The second-order valence-corrected chi connectivity index (χ2v) is 7.34. The van der Waals surface area contributed by atoms with Crippen LogP contribution in [0.25, 0.3) is 0 Å². The summed E-state index contributed by atoms with van der Waals surface area (Å²) in [5, 5.41) is 0. The maximum absolute atomic E-state index is 13.1. The van der Waals surface area contributed by atoms with Gasteiger partial charge in [0.1, 0.15) is 0 Å². The minimum absolute atomic E-state index is 0.165. The van der Waals surface area contributed by atoms with Gasteiger partial charge < -0.3 is 4.90 Å². The van der Waals surface area contributed by atoms with Crippen molar-refractivity contribution in [3.8, 4) is 12.3 Å². The summed E-state index contributed by atoms with van der Waals surface area (Å²) in [6, 6.07) is 11.2. The van der Waals surface area contributed by atoms with Crippen molar-refractivity contribution in [1.29, 1.82) is 0 Å². The molecular weight excluding hydrogens is 296 g/mol. The Morgan fingerprint density at radius 1 is 1.21 bits per heavy atom. The molecule has 2 aliphatic heterocycles. The number of amides is 1. The second kappa shape index (κ2) is 7.40. The van der Waals surface area contributed by atoms with Gasteiger partial charge in [-0.2, -0.15) is 0 Å². The molecule has 0 aliphatic carbocycles. The van der Waals surface area contributed by atoms with Gasteiger partial charge in [-0.15, -0.1) is 6.42 Å². The predicted octanol–water partition coefficient (Wildman–Crippen LogP) is 3.12. The average molecular weight is 324 g/mol. The summed E-state index contributed by atoms with van der Waals surface area (Å²) >= 11 is 0. The highest BCUT2D eigenvalue weighted by molar-refractivity contribution is 5.80. The van der Waals surface area contributed by atoms with E-state index in [1.807, 2.05) is 0 Å². The molecule has 3 nitrogen and oxygen atoms in total. The van der Waals surface area contributed by atoms with E-state index in [4.69, 9.17) is 6.42 Å². The van der Waals surface area contributed by atoms with Crippen LogP contribution >= 0.6 is 0 Å². The molecule has 3 rings (SSSR count). The second-order valence-electron chi connectivity index (χ2n) is 7.34. The number of likely N-dealkylation sites (tertiary alicyclic amines) is 2. The highest BCUT2D eigenvalue weighted by Crippen LogP contribution is 2.38. The lowest BCUT2D eigenvalue weighted by molar-refractivity contribution is -0.139. The van der Waals surface area contributed by atoms with E-state index in [2.05, 4.69) is 59.9 Å². The molecule has 2 saturated heterocycles. The van der Waals surface area contributed by atoms with Crippen LogP contribution in [0.4, 0.5) is 0 Å². The Balaban J connectivity index is 1.66. The Labute approximate surface area is 146 Å². The Bertz CT molecular complexity index is 598. The molecule has 0 bridgehead atoms. The normalized spacial score (nSPS) is 28.7. The topological polar surface area (TPSA) is 23.6 Å². The fraction of sp³-hybridized carbons (Fsp3) is 0.571. The molecule has 24 heavy (non-hydrogen) atoms. The third-order valence-electron chi connectivity index (χ3n) is 5.82. The molecule has 1 aromatic carbocycles. The quantitative estimate of drug-likeness (QED) is 0.798. The van der Waals surface area contributed by atoms with Gasteiger partial charge >= 0.3 is 0 Å². The number of hydrogen-bond acceptors (Lipinski definition) is 2. The van der Waals surface area contributed by atoms with Gasteiger partial charge in [-0.3, -0.25) is 9.69 Å². The van der Waals surface area contributed by atoms with Crippen LogP contribution in [0.3, 0.4) is 0 Å². The van der Waals surface area contributed by atoms with Crippen molar-refractivity contribution in [3.05, 3.63) is 35.9 Å². The largest absolute Gasteiger partial charge is 0.336 e. The molecule has 0 spiro atoms. The molecule has 1 amide bonds. The zero-order valence-corrected chi connectivity index (χ0v) is 14.8. The Hall–Kier alpha value is -1.79.